The smallest absolute Gasteiger partial charge is 0.347 e. The second-order valence-electron chi connectivity index (χ2n) is 4.06. The van der Waals surface area contributed by atoms with Gasteiger partial charge < -0.3 is 4.74 Å². The van der Waals surface area contributed by atoms with E-state index in [1.54, 1.807) is 32.2 Å². The number of nitrogens with zero attached hydrogens (tertiary/aromatic N) is 2. The number of amides is 1. The van der Waals surface area contributed by atoms with E-state index in [-0.39, 0.29) is 11.9 Å². The Morgan fingerprint density at radius 3 is 2.76 bits per heavy atom. The minimum atomic E-state index is -0.898. The number of carbonyl (C=O) groups is 2. The monoisotopic (exact) mass is 233 g/mol. The number of amidine groups is 1. The molecular formula is C11H11N3O3. The summed E-state index contributed by atoms with van der Waals surface area (Å²) in [5.74, 6) is -0.902. The highest BCUT2D eigenvalue weighted by atomic mass is 16.6. The third-order valence-corrected chi connectivity index (χ3v) is 2.24. The first-order valence-electron chi connectivity index (χ1n) is 5.02. The lowest BCUT2D eigenvalue weighted by molar-refractivity contribution is -0.122. The summed E-state index contributed by atoms with van der Waals surface area (Å²) >= 11 is 0. The Balaban J connectivity index is 2.09. The minimum absolute atomic E-state index is 0.0751. The van der Waals surface area contributed by atoms with Crippen molar-refractivity contribution in [3.63, 3.8) is 0 Å². The average Bonchev–Trinajstić information content (AvgIpc) is 2.53. The zero-order chi connectivity index (χ0) is 12.5. The highest BCUT2D eigenvalue weighted by Crippen LogP contribution is 2.15. The molecule has 0 saturated carbocycles. The van der Waals surface area contributed by atoms with E-state index in [1.807, 2.05) is 0 Å². The molecule has 0 unspecified atom stereocenters. The molecule has 1 aliphatic rings. The van der Waals surface area contributed by atoms with E-state index in [0.717, 1.165) is 0 Å². The Bertz CT molecular complexity index is 494. The van der Waals surface area contributed by atoms with Gasteiger partial charge in [-0.05, 0) is 26.0 Å². The predicted octanol–water partition coefficient (Wildman–Crippen LogP) is 0.503. The van der Waals surface area contributed by atoms with Gasteiger partial charge in [-0.15, -0.1) is 0 Å². The Hall–Kier alpha value is -2.24. The van der Waals surface area contributed by atoms with E-state index in [4.69, 9.17) is 4.74 Å². The normalized spacial score (nSPS) is 17.3. The number of rotatable bonds is 1. The molecule has 0 aliphatic carbocycles. The van der Waals surface area contributed by atoms with Crippen LogP contribution in [0.2, 0.25) is 0 Å². The molecule has 1 amide bonds. The summed E-state index contributed by atoms with van der Waals surface area (Å²) in [7, 11) is 0. The van der Waals surface area contributed by atoms with Crippen molar-refractivity contribution >= 4 is 17.9 Å². The lowest BCUT2D eigenvalue weighted by Crippen LogP contribution is -2.35. The van der Waals surface area contributed by atoms with Gasteiger partial charge in [0.2, 0.25) is 0 Å². The molecule has 0 fully saturated rings. The molecule has 0 spiro atoms. The van der Waals surface area contributed by atoms with Gasteiger partial charge in [0, 0.05) is 12.4 Å². The van der Waals surface area contributed by atoms with Gasteiger partial charge in [0.25, 0.3) is 5.91 Å². The molecule has 0 saturated heterocycles. The molecule has 0 aromatic carbocycles. The second-order valence-corrected chi connectivity index (χ2v) is 4.06. The molecule has 1 aromatic rings. The molecule has 2 heterocycles. The molecule has 88 valence electrons. The van der Waals surface area contributed by atoms with Crippen molar-refractivity contribution in [2.75, 3.05) is 0 Å². The summed E-state index contributed by atoms with van der Waals surface area (Å²) < 4.78 is 4.94. The number of nitrogens with one attached hydrogen (secondary N) is 1. The van der Waals surface area contributed by atoms with E-state index in [9.17, 15) is 9.59 Å². The standard InChI is InChI=1S/C11H11N3O3/c1-11(2)9(16)13-10(14-11)17-8(15)7-4-3-5-12-6-7/h3-6H,1-2H3,(H,13,14,16). The highest BCUT2D eigenvalue weighted by Gasteiger charge is 2.36. The van der Waals surface area contributed by atoms with Crippen molar-refractivity contribution in [3.8, 4) is 0 Å². The molecular weight excluding hydrogens is 222 g/mol. The Labute approximate surface area is 97.7 Å². The van der Waals surface area contributed by atoms with Crippen molar-refractivity contribution in [2.45, 2.75) is 19.4 Å². The van der Waals surface area contributed by atoms with Crippen LogP contribution in [0.4, 0.5) is 0 Å². The van der Waals surface area contributed by atoms with Gasteiger partial charge in [0.05, 0.1) is 5.56 Å². The maximum absolute atomic E-state index is 11.6. The molecule has 1 aliphatic heterocycles. The first kappa shape index (κ1) is 11.3. The van der Waals surface area contributed by atoms with Crippen molar-refractivity contribution in [1.29, 1.82) is 0 Å². The van der Waals surface area contributed by atoms with Crippen LogP contribution in [-0.4, -0.2) is 28.4 Å². The molecule has 1 N–H and O–H groups in total. The summed E-state index contributed by atoms with van der Waals surface area (Å²) in [4.78, 5) is 30.8. The van der Waals surface area contributed by atoms with Crippen LogP contribution in [0.1, 0.15) is 24.2 Å². The molecule has 0 atom stereocenters. The number of hydrogen-bond donors (Lipinski definition) is 1. The number of aliphatic imine (C=N–C) groups is 1. The fourth-order valence-electron chi connectivity index (χ4n) is 1.26. The van der Waals surface area contributed by atoms with E-state index in [1.165, 1.54) is 6.20 Å². The number of ether oxygens (including phenoxy) is 1. The van der Waals surface area contributed by atoms with Crippen molar-refractivity contribution in [2.24, 2.45) is 4.99 Å². The lowest BCUT2D eigenvalue weighted by Gasteiger charge is -2.06. The highest BCUT2D eigenvalue weighted by molar-refractivity contribution is 6.09. The predicted molar refractivity (Wildman–Crippen MR) is 59.3 cm³/mol. The molecule has 17 heavy (non-hydrogen) atoms. The number of aromatic nitrogens is 1. The van der Waals surface area contributed by atoms with E-state index >= 15 is 0 Å². The van der Waals surface area contributed by atoms with Gasteiger partial charge in [0.15, 0.2) is 0 Å². The molecule has 6 nitrogen and oxygen atoms in total. The Kier molecular flexibility index (Phi) is 2.63. The number of esters is 1. The van der Waals surface area contributed by atoms with Crippen molar-refractivity contribution < 1.29 is 14.3 Å². The van der Waals surface area contributed by atoms with Crippen LogP contribution in [0.15, 0.2) is 29.5 Å². The lowest BCUT2D eigenvalue weighted by atomic mass is 10.1. The number of pyridine rings is 1. The maximum atomic E-state index is 11.6. The van der Waals surface area contributed by atoms with E-state index in [2.05, 4.69) is 15.3 Å². The zero-order valence-corrected chi connectivity index (χ0v) is 9.43. The summed E-state index contributed by atoms with van der Waals surface area (Å²) in [6, 6.07) is 3.11. The van der Waals surface area contributed by atoms with Gasteiger partial charge in [-0.3, -0.25) is 15.1 Å². The Morgan fingerprint density at radius 1 is 1.47 bits per heavy atom. The molecule has 2 rings (SSSR count). The fraction of sp³-hybridized carbons (Fsp3) is 0.273. The van der Waals surface area contributed by atoms with Crippen LogP contribution in [0.25, 0.3) is 0 Å². The third kappa shape index (κ3) is 2.30. The first-order chi connectivity index (χ1) is 7.99. The summed E-state index contributed by atoms with van der Waals surface area (Å²) in [6.45, 7) is 3.26. The summed E-state index contributed by atoms with van der Waals surface area (Å²) in [6.07, 6.45) is 2.93. The first-order valence-corrected chi connectivity index (χ1v) is 5.02. The van der Waals surface area contributed by atoms with Crippen LogP contribution in [0.3, 0.4) is 0 Å². The van der Waals surface area contributed by atoms with Gasteiger partial charge in [-0.25, -0.2) is 9.79 Å². The second kappa shape index (κ2) is 3.97. The molecule has 0 bridgehead atoms. The van der Waals surface area contributed by atoms with Crippen LogP contribution >= 0.6 is 0 Å². The molecule has 6 heteroatoms. The quantitative estimate of drug-likeness (QED) is 0.716. The van der Waals surface area contributed by atoms with Gasteiger partial charge in [-0.1, -0.05) is 0 Å². The fourth-order valence-corrected chi connectivity index (χ4v) is 1.26. The van der Waals surface area contributed by atoms with Crippen molar-refractivity contribution in [1.82, 2.24) is 10.3 Å². The van der Waals surface area contributed by atoms with Crippen molar-refractivity contribution in [3.05, 3.63) is 30.1 Å². The summed E-state index contributed by atoms with van der Waals surface area (Å²) in [5.41, 5.74) is -0.598. The largest absolute Gasteiger partial charge is 0.389 e. The number of hydrogen-bond acceptors (Lipinski definition) is 5. The number of carbonyl (C=O) groups excluding carboxylic acids is 2. The average molecular weight is 233 g/mol. The maximum Gasteiger partial charge on any atom is 0.347 e. The third-order valence-electron chi connectivity index (χ3n) is 2.24. The van der Waals surface area contributed by atoms with Gasteiger partial charge >= 0.3 is 12.0 Å². The van der Waals surface area contributed by atoms with Crippen LogP contribution < -0.4 is 5.32 Å². The van der Waals surface area contributed by atoms with E-state index < -0.39 is 11.5 Å². The minimum Gasteiger partial charge on any atom is -0.389 e. The van der Waals surface area contributed by atoms with Crippen LogP contribution in [0.5, 0.6) is 0 Å². The topological polar surface area (TPSA) is 80.7 Å². The van der Waals surface area contributed by atoms with Crippen LogP contribution in [0, 0.1) is 0 Å². The summed E-state index contributed by atoms with van der Waals surface area (Å²) in [5, 5.41) is 2.39. The van der Waals surface area contributed by atoms with E-state index in [0.29, 0.717) is 5.56 Å². The SMILES string of the molecule is CC1(C)N=C(OC(=O)c2cccnc2)NC1=O. The van der Waals surface area contributed by atoms with Crippen LogP contribution in [-0.2, 0) is 9.53 Å². The zero-order valence-electron chi connectivity index (χ0n) is 9.43. The molecule has 1 aromatic heterocycles. The van der Waals surface area contributed by atoms with Gasteiger partial charge in [-0.2, -0.15) is 0 Å². The molecule has 0 radical (unpaired) electrons. The van der Waals surface area contributed by atoms with Gasteiger partial charge in [0.1, 0.15) is 5.54 Å². The Morgan fingerprint density at radius 2 is 2.24 bits per heavy atom.